The summed E-state index contributed by atoms with van der Waals surface area (Å²) in [5.74, 6) is 0.317. The number of hydrogen-bond acceptors (Lipinski definition) is 6. The van der Waals surface area contributed by atoms with Crippen LogP contribution < -0.4 is 10.1 Å². The predicted molar refractivity (Wildman–Crippen MR) is 116 cm³/mol. The predicted octanol–water partition coefficient (Wildman–Crippen LogP) is 4.07. The van der Waals surface area contributed by atoms with E-state index in [4.69, 9.17) is 4.74 Å². The molecule has 0 saturated heterocycles. The van der Waals surface area contributed by atoms with Crippen LogP contribution in [0.15, 0.2) is 54.9 Å². The second-order valence-electron chi connectivity index (χ2n) is 7.22. The number of rotatable bonds is 5. The lowest BCUT2D eigenvalue weighted by Gasteiger charge is -2.14. The second-order valence-corrected chi connectivity index (χ2v) is 7.22. The molecular formula is C23H20N6O2. The smallest absolute Gasteiger partial charge is 0.318 e. The van der Waals surface area contributed by atoms with Crippen LogP contribution in [0.2, 0.25) is 0 Å². The summed E-state index contributed by atoms with van der Waals surface area (Å²) in [4.78, 5) is 21.4. The van der Waals surface area contributed by atoms with Gasteiger partial charge in [0, 0.05) is 28.9 Å². The molecular weight excluding hydrogens is 392 g/mol. The van der Waals surface area contributed by atoms with Crippen LogP contribution in [0, 0.1) is 11.3 Å². The third-order valence-electron chi connectivity index (χ3n) is 4.90. The molecule has 0 unspecified atom stereocenters. The van der Waals surface area contributed by atoms with E-state index in [1.165, 1.54) is 7.11 Å². The van der Waals surface area contributed by atoms with Gasteiger partial charge in [-0.2, -0.15) is 15.3 Å². The molecule has 154 valence electrons. The molecule has 0 spiro atoms. The highest BCUT2D eigenvalue weighted by atomic mass is 16.5. The highest BCUT2D eigenvalue weighted by Gasteiger charge is 2.18. The van der Waals surface area contributed by atoms with E-state index in [1.54, 1.807) is 41.3 Å². The lowest BCUT2D eigenvalue weighted by molar-refractivity contribution is 0.102. The van der Waals surface area contributed by atoms with Gasteiger partial charge >= 0.3 is 6.01 Å². The molecule has 0 saturated carbocycles. The van der Waals surface area contributed by atoms with Gasteiger partial charge in [-0.15, -0.1) is 0 Å². The number of methoxy groups -OCH3 is 1. The van der Waals surface area contributed by atoms with Crippen LogP contribution in [0.25, 0.3) is 16.7 Å². The normalized spacial score (nSPS) is 10.8. The van der Waals surface area contributed by atoms with Gasteiger partial charge in [-0.1, -0.05) is 19.9 Å². The summed E-state index contributed by atoms with van der Waals surface area (Å²) in [5.41, 5.74) is 3.12. The Balaban J connectivity index is 1.71. The summed E-state index contributed by atoms with van der Waals surface area (Å²) in [5, 5.41) is 17.7. The fraction of sp³-hybridized carbons (Fsp3) is 0.174. The second kappa shape index (κ2) is 8.24. The van der Waals surface area contributed by atoms with E-state index in [0.29, 0.717) is 22.6 Å². The third-order valence-corrected chi connectivity index (χ3v) is 4.90. The Kier molecular flexibility index (Phi) is 5.33. The van der Waals surface area contributed by atoms with Crippen LogP contribution >= 0.6 is 0 Å². The van der Waals surface area contributed by atoms with Gasteiger partial charge in [-0.05, 0) is 41.8 Å². The zero-order valence-electron chi connectivity index (χ0n) is 17.3. The standard InChI is InChI=1S/C23H20N6O2/c1-14(2)21-15(12-24)5-4-6-18(21)22(30)27-17-8-7-16-13-26-29(19(16)11-17)20-9-10-25-23(28-20)31-3/h4-11,13-14H,1-3H3,(H,27,30). The first kappa shape index (κ1) is 20.0. The summed E-state index contributed by atoms with van der Waals surface area (Å²) in [7, 11) is 1.50. The molecule has 2 aromatic heterocycles. The van der Waals surface area contributed by atoms with Gasteiger partial charge in [0.15, 0.2) is 5.82 Å². The number of nitrogens with zero attached hydrogens (tertiary/aromatic N) is 5. The third kappa shape index (κ3) is 3.81. The molecule has 0 radical (unpaired) electrons. The lowest BCUT2D eigenvalue weighted by atomic mass is 9.92. The summed E-state index contributed by atoms with van der Waals surface area (Å²) in [6, 6.07) is 14.9. The van der Waals surface area contributed by atoms with E-state index in [0.717, 1.165) is 16.5 Å². The van der Waals surface area contributed by atoms with Gasteiger partial charge < -0.3 is 10.1 Å². The van der Waals surface area contributed by atoms with Crippen LogP contribution in [-0.2, 0) is 0 Å². The first-order valence-corrected chi connectivity index (χ1v) is 9.71. The van der Waals surface area contributed by atoms with Crippen molar-refractivity contribution in [3.63, 3.8) is 0 Å². The Bertz CT molecular complexity index is 1320. The van der Waals surface area contributed by atoms with Crippen LogP contribution in [0.1, 0.15) is 41.3 Å². The molecule has 4 rings (SSSR count). The van der Waals surface area contributed by atoms with E-state index >= 15 is 0 Å². The molecule has 1 N–H and O–H groups in total. The first-order valence-electron chi connectivity index (χ1n) is 9.71. The monoisotopic (exact) mass is 412 g/mol. The van der Waals surface area contributed by atoms with Gasteiger partial charge in [0.1, 0.15) is 0 Å². The van der Waals surface area contributed by atoms with E-state index in [9.17, 15) is 10.1 Å². The molecule has 2 aromatic carbocycles. The maximum Gasteiger partial charge on any atom is 0.318 e. The van der Waals surface area contributed by atoms with E-state index in [1.807, 2.05) is 32.0 Å². The molecule has 8 heteroatoms. The van der Waals surface area contributed by atoms with Gasteiger partial charge in [0.05, 0.1) is 30.5 Å². The van der Waals surface area contributed by atoms with Crippen molar-refractivity contribution >= 4 is 22.5 Å². The van der Waals surface area contributed by atoms with Crippen molar-refractivity contribution in [1.82, 2.24) is 19.7 Å². The average Bonchev–Trinajstić information content (AvgIpc) is 3.21. The number of anilines is 1. The first-order chi connectivity index (χ1) is 15.0. The number of nitriles is 1. The summed E-state index contributed by atoms with van der Waals surface area (Å²) < 4.78 is 6.75. The number of amides is 1. The maximum atomic E-state index is 13.0. The Labute approximate surface area is 179 Å². The zero-order valence-corrected chi connectivity index (χ0v) is 17.3. The van der Waals surface area contributed by atoms with Crippen LogP contribution in [-0.4, -0.2) is 32.8 Å². The number of carbonyl (C=O) groups is 1. The largest absolute Gasteiger partial charge is 0.467 e. The number of hydrogen-bond donors (Lipinski definition) is 1. The SMILES string of the molecule is COc1nccc(-n2ncc3ccc(NC(=O)c4cccc(C#N)c4C(C)C)cc32)n1. The van der Waals surface area contributed by atoms with E-state index in [2.05, 4.69) is 26.5 Å². The molecule has 1 amide bonds. The van der Waals surface area contributed by atoms with Crippen LogP contribution in [0.5, 0.6) is 6.01 Å². The molecule has 8 nitrogen and oxygen atoms in total. The number of fused-ring (bicyclic) bond motifs is 1. The highest BCUT2D eigenvalue weighted by molar-refractivity contribution is 6.06. The van der Waals surface area contributed by atoms with Crippen LogP contribution in [0.4, 0.5) is 5.69 Å². The van der Waals surface area contributed by atoms with Crippen molar-refractivity contribution in [3.8, 4) is 17.9 Å². The van der Waals surface area contributed by atoms with E-state index in [-0.39, 0.29) is 17.8 Å². The Morgan fingerprint density at radius 2 is 2.06 bits per heavy atom. The van der Waals surface area contributed by atoms with Crippen molar-refractivity contribution in [2.45, 2.75) is 19.8 Å². The topological polar surface area (TPSA) is 106 Å². The molecule has 0 bridgehead atoms. The quantitative estimate of drug-likeness (QED) is 0.530. The molecule has 0 aliphatic carbocycles. The van der Waals surface area contributed by atoms with E-state index < -0.39 is 0 Å². The molecule has 0 fully saturated rings. The Hall–Kier alpha value is -4.25. The van der Waals surface area contributed by atoms with Crippen molar-refractivity contribution in [2.75, 3.05) is 12.4 Å². The van der Waals surface area contributed by atoms with Crippen LogP contribution in [0.3, 0.4) is 0 Å². The zero-order chi connectivity index (χ0) is 22.0. The van der Waals surface area contributed by atoms with Gasteiger partial charge in [0.25, 0.3) is 5.91 Å². The molecule has 4 aromatic rings. The van der Waals surface area contributed by atoms with Crippen molar-refractivity contribution in [2.24, 2.45) is 0 Å². The summed E-state index contributed by atoms with van der Waals surface area (Å²) in [6.45, 7) is 3.93. The summed E-state index contributed by atoms with van der Waals surface area (Å²) in [6.07, 6.45) is 3.32. The number of carbonyl (C=O) groups excluding carboxylic acids is 1. The fourth-order valence-electron chi connectivity index (χ4n) is 3.51. The number of benzene rings is 2. The minimum Gasteiger partial charge on any atom is -0.467 e. The minimum atomic E-state index is -0.269. The number of ether oxygens (including phenoxy) is 1. The molecule has 0 aliphatic rings. The fourth-order valence-corrected chi connectivity index (χ4v) is 3.51. The number of nitrogens with one attached hydrogen (secondary N) is 1. The van der Waals surface area contributed by atoms with Crippen molar-refractivity contribution in [1.29, 1.82) is 5.26 Å². The van der Waals surface area contributed by atoms with Crippen molar-refractivity contribution < 1.29 is 9.53 Å². The Morgan fingerprint density at radius 3 is 2.81 bits per heavy atom. The number of aromatic nitrogens is 4. The van der Waals surface area contributed by atoms with Crippen molar-refractivity contribution in [3.05, 3.63) is 71.5 Å². The average molecular weight is 412 g/mol. The molecule has 0 atom stereocenters. The minimum absolute atomic E-state index is 0.0354. The lowest BCUT2D eigenvalue weighted by Crippen LogP contribution is -2.16. The molecule has 2 heterocycles. The molecule has 31 heavy (non-hydrogen) atoms. The summed E-state index contributed by atoms with van der Waals surface area (Å²) >= 11 is 0. The van der Waals surface area contributed by atoms with Gasteiger partial charge in [-0.3, -0.25) is 4.79 Å². The molecule has 0 aliphatic heterocycles. The van der Waals surface area contributed by atoms with Gasteiger partial charge in [-0.25, -0.2) is 9.67 Å². The highest BCUT2D eigenvalue weighted by Crippen LogP contribution is 2.26. The van der Waals surface area contributed by atoms with Gasteiger partial charge in [0.2, 0.25) is 0 Å². The Morgan fingerprint density at radius 1 is 1.23 bits per heavy atom. The maximum absolute atomic E-state index is 13.0.